The van der Waals surface area contributed by atoms with Crippen molar-refractivity contribution in [3.63, 3.8) is 0 Å². The first-order valence-corrected chi connectivity index (χ1v) is 5.32. The molecule has 0 aliphatic carbocycles. The summed E-state index contributed by atoms with van der Waals surface area (Å²) in [5.74, 6) is -0.422. The van der Waals surface area contributed by atoms with E-state index in [1.807, 2.05) is 6.92 Å². The van der Waals surface area contributed by atoms with Crippen molar-refractivity contribution in [2.24, 2.45) is 5.73 Å². The summed E-state index contributed by atoms with van der Waals surface area (Å²) in [4.78, 5) is 13.6. The molecule has 0 aliphatic rings. The van der Waals surface area contributed by atoms with Crippen LogP contribution in [0.1, 0.15) is 17.3 Å². The normalized spacial score (nSPS) is 11.4. The Morgan fingerprint density at radius 3 is 2.67 bits per heavy atom. The quantitative estimate of drug-likeness (QED) is 0.910. The van der Waals surface area contributed by atoms with Gasteiger partial charge in [0.1, 0.15) is 11.6 Å². The highest BCUT2D eigenvalue weighted by atomic mass is 35.5. The molecule has 0 aliphatic heterocycles. The first-order chi connectivity index (χ1) is 8.01. The van der Waals surface area contributed by atoms with E-state index in [4.69, 9.17) is 10.5 Å². The zero-order valence-electron chi connectivity index (χ0n) is 10.6. The highest BCUT2D eigenvalue weighted by molar-refractivity contribution is 5.97. The zero-order chi connectivity index (χ0) is 13.0. The second-order valence-corrected chi connectivity index (χ2v) is 3.85. The monoisotopic (exact) mass is 276 g/mol. The maximum Gasteiger partial charge on any atom is 0.257 e. The Kier molecular flexibility index (Phi) is 6.65. The van der Waals surface area contributed by atoms with Crippen LogP contribution in [0.5, 0.6) is 5.75 Å². The third-order valence-electron chi connectivity index (χ3n) is 2.71. The van der Waals surface area contributed by atoms with Gasteiger partial charge in [-0.05, 0) is 25.1 Å². The van der Waals surface area contributed by atoms with E-state index in [9.17, 15) is 9.18 Å². The smallest absolute Gasteiger partial charge is 0.257 e. The van der Waals surface area contributed by atoms with Crippen molar-refractivity contribution in [2.75, 3.05) is 20.7 Å². The van der Waals surface area contributed by atoms with E-state index in [0.717, 1.165) is 0 Å². The van der Waals surface area contributed by atoms with Gasteiger partial charge < -0.3 is 15.4 Å². The molecule has 0 radical (unpaired) electrons. The molecule has 0 fully saturated rings. The number of carbonyl (C=O) groups is 1. The number of rotatable bonds is 4. The average molecular weight is 277 g/mol. The first kappa shape index (κ1) is 16.7. The number of amides is 1. The molecule has 0 saturated carbocycles. The van der Waals surface area contributed by atoms with Crippen LogP contribution in [0.2, 0.25) is 0 Å². The summed E-state index contributed by atoms with van der Waals surface area (Å²) in [6.45, 7) is 2.17. The number of hydrogen-bond donors (Lipinski definition) is 1. The van der Waals surface area contributed by atoms with E-state index in [1.54, 1.807) is 7.05 Å². The van der Waals surface area contributed by atoms with Crippen molar-refractivity contribution in [1.82, 2.24) is 4.90 Å². The molecule has 1 aromatic carbocycles. The van der Waals surface area contributed by atoms with Crippen LogP contribution in [0.3, 0.4) is 0 Å². The van der Waals surface area contributed by atoms with E-state index in [2.05, 4.69) is 0 Å². The standard InChI is InChI=1S/C12H17FN2O2.ClH/c1-8(7-14)15(2)12(16)10-6-9(13)4-5-11(10)17-3;/h4-6,8H,7,14H2,1-3H3;1H. The van der Waals surface area contributed by atoms with Crippen LogP contribution >= 0.6 is 12.4 Å². The van der Waals surface area contributed by atoms with Crippen LogP contribution in [0.15, 0.2) is 18.2 Å². The largest absolute Gasteiger partial charge is 0.496 e. The Bertz CT molecular complexity index is 415. The molecule has 102 valence electrons. The fourth-order valence-electron chi connectivity index (χ4n) is 1.40. The highest BCUT2D eigenvalue weighted by Gasteiger charge is 2.20. The summed E-state index contributed by atoms with van der Waals surface area (Å²) in [5.41, 5.74) is 5.69. The van der Waals surface area contributed by atoms with Crippen LogP contribution in [0.25, 0.3) is 0 Å². The predicted molar refractivity (Wildman–Crippen MR) is 70.8 cm³/mol. The van der Waals surface area contributed by atoms with Crippen molar-refractivity contribution >= 4 is 18.3 Å². The number of nitrogens with two attached hydrogens (primary N) is 1. The van der Waals surface area contributed by atoms with Crippen molar-refractivity contribution in [1.29, 1.82) is 0 Å². The molecule has 4 nitrogen and oxygen atoms in total. The Morgan fingerprint density at radius 1 is 1.56 bits per heavy atom. The van der Waals surface area contributed by atoms with Gasteiger partial charge in [0, 0.05) is 19.6 Å². The van der Waals surface area contributed by atoms with Gasteiger partial charge in [-0.15, -0.1) is 12.4 Å². The summed E-state index contributed by atoms with van der Waals surface area (Å²) in [5, 5.41) is 0. The molecule has 1 atom stereocenters. The predicted octanol–water partition coefficient (Wildman–Crippen LogP) is 1.68. The summed E-state index contributed by atoms with van der Waals surface area (Å²) < 4.78 is 18.2. The minimum Gasteiger partial charge on any atom is -0.496 e. The third-order valence-corrected chi connectivity index (χ3v) is 2.71. The molecule has 0 saturated heterocycles. The lowest BCUT2D eigenvalue weighted by Gasteiger charge is -2.24. The van der Waals surface area contributed by atoms with Gasteiger partial charge in [-0.1, -0.05) is 0 Å². The Hall–Kier alpha value is -1.33. The molecule has 18 heavy (non-hydrogen) atoms. The molecule has 2 N–H and O–H groups in total. The van der Waals surface area contributed by atoms with Gasteiger partial charge in [-0.3, -0.25) is 4.79 Å². The number of nitrogens with zero attached hydrogens (tertiary/aromatic N) is 1. The zero-order valence-corrected chi connectivity index (χ0v) is 11.5. The maximum atomic E-state index is 13.1. The molecule has 0 aromatic heterocycles. The number of likely N-dealkylation sites (N-methyl/N-ethyl adjacent to an activating group) is 1. The van der Waals surface area contributed by atoms with Crippen molar-refractivity contribution in [2.45, 2.75) is 13.0 Å². The molecular weight excluding hydrogens is 259 g/mol. The topological polar surface area (TPSA) is 55.6 Å². The van der Waals surface area contributed by atoms with Crippen LogP contribution in [-0.2, 0) is 0 Å². The Labute approximate surface area is 112 Å². The second-order valence-electron chi connectivity index (χ2n) is 3.85. The minimum absolute atomic E-state index is 0. The summed E-state index contributed by atoms with van der Waals surface area (Å²) >= 11 is 0. The number of halogens is 2. The number of ether oxygens (including phenoxy) is 1. The maximum absolute atomic E-state index is 13.1. The van der Waals surface area contributed by atoms with E-state index >= 15 is 0 Å². The minimum atomic E-state index is -0.469. The molecule has 6 heteroatoms. The molecule has 0 heterocycles. The van der Waals surface area contributed by atoms with Crippen LogP contribution in [-0.4, -0.2) is 37.6 Å². The lowest BCUT2D eigenvalue weighted by Crippen LogP contribution is -2.39. The number of hydrogen-bond acceptors (Lipinski definition) is 3. The van der Waals surface area contributed by atoms with Crippen LogP contribution in [0.4, 0.5) is 4.39 Å². The van der Waals surface area contributed by atoms with Crippen LogP contribution in [0, 0.1) is 5.82 Å². The van der Waals surface area contributed by atoms with Gasteiger partial charge in [0.25, 0.3) is 5.91 Å². The first-order valence-electron chi connectivity index (χ1n) is 5.32. The van der Waals surface area contributed by atoms with Gasteiger partial charge in [-0.2, -0.15) is 0 Å². The molecular formula is C12H18ClFN2O2. The fourth-order valence-corrected chi connectivity index (χ4v) is 1.40. The van der Waals surface area contributed by atoms with Crippen molar-refractivity contribution < 1.29 is 13.9 Å². The molecule has 1 aromatic rings. The van der Waals surface area contributed by atoms with E-state index in [1.165, 1.54) is 30.2 Å². The van der Waals surface area contributed by atoms with Gasteiger partial charge >= 0.3 is 0 Å². The molecule has 1 rings (SSSR count). The Morgan fingerprint density at radius 2 is 2.17 bits per heavy atom. The third kappa shape index (κ3) is 3.58. The van der Waals surface area contributed by atoms with Crippen molar-refractivity contribution in [3.8, 4) is 5.75 Å². The molecule has 1 amide bonds. The Balaban J connectivity index is 0.00000289. The van der Waals surface area contributed by atoms with Gasteiger partial charge in [0.15, 0.2) is 0 Å². The van der Waals surface area contributed by atoms with Crippen LogP contribution < -0.4 is 10.5 Å². The second kappa shape index (κ2) is 7.18. The lowest BCUT2D eigenvalue weighted by atomic mass is 10.1. The average Bonchev–Trinajstić information content (AvgIpc) is 2.35. The summed E-state index contributed by atoms with van der Waals surface area (Å²) in [6, 6.07) is 3.74. The van der Waals surface area contributed by atoms with E-state index < -0.39 is 5.82 Å². The summed E-state index contributed by atoms with van der Waals surface area (Å²) in [6.07, 6.45) is 0. The fraction of sp³-hybridized carbons (Fsp3) is 0.417. The number of carbonyl (C=O) groups excluding carboxylic acids is 1. The highest BCUT2D eigenvalue weighted by Crippen LogP contribution is 2.21. The summed E-state index contributed by atoms with van der Waals surface area (Å²) in [7, 11) is 3.07. The SMILES string of the molecule is COc1ccc(F)cc1C(=O)N(C)C(C)CN.Cl. The van der Waals surface area contributed by atoms with Gasteiger partial charge in [-0.25, -0.2) is 4.39 Å². The lowest BCUT2D eigenvalue weighted by molar-refractivity contribution is 0.0744. The van der Waals surface area contributed by atoms with E-state index in [0.29, 0.717) is 12.3 Å². The van der Waals surface area contributed by atoms with Gasteiger partial charge in [0.05, 0.1) is 12.7 Å². The van der Waals surface area contributed by atoms with Crippen molar-refractivity contribution in [3.05, 3.63) is 29.6 Å². The molecule has 0 bridgehead atoms. The molecule has 0 spiro atoms. The number of methoxy groups -OCH3 is 1. The van der Waals surface area contributed by atoms with E-state index in [-0.39, 0.29) is 29.9 Å². The number of benzene rings is 1. The van der Waals surface area contributed by atoms with Gasteiger partial charge in [0.2, 0.25) is 0 Å². The molecule has 1 unspecified atom stereocenters.